The molecule has 1 saturated carbocycles. The van der Waals surface area contributed by atoms with E-state index < -0.39 is 11.8 Å². The number of aliphatic carboxylic acids is 1. The smallest absolute Gasteiger partial charge is 0.315 e. The van der Waals surface area contributed by atoms with Gasteiger partial charge in [-0.2, -0.15) is 0 Å². The van der Waals surface area contributed by atoms with Crippen molar-refractivity contribution in [2.24, 2.45) is 5.92 Å². The number of hydrogen-bond donors (Lipinski definition) is 3. The first kappa shape index (κ1) is 18.8. The number of nitrogens with zero attached hydrogens (tertiary/aromatic N) is 1. The molecule has 1 unspecified atom stereocenters. The van der Waals surface area contributed by atoms with Gasteiger partial charge in [0.05, 0.1) is 10.9 Å². The summed E-state index contributed by atoms with van der Waals surface area (Å²) in [7, 11) is 0. The summed E-state index contributed by atoms with van der Waals surface area (Å²) in [4.78, 5) is 25.2. The molecule has 1 aliphatic heterocycles. The van der Waals surface area contributed by atoms with E-state index in [-0.39, 0.29) is 29.1 Å². The van der Waals surface area contributed by atoms with Crippen molar-refractivity contribution in [3.63, 3.8) is 0 Å². The van der Waals surface area contributed by atoms with Gasteiger partial charge in [0.25, 0.3) is 0 Å². The fraction of sp³-hybridized carbons (Fsp3) is 0.556. The van der Waals surface area contributed by atoms with Gasteiger partial charge in [-0.1, -0.05) is 11.6 Å². The number of carbonyl (C=O) groups is 2. The molecular formula is C18H23ClFN3O3. The van der Waals surface area contributed by atoms with Crippen LogP contribution in [0.15, 0.2) is 18.2 Å². The van der Waals surface area contributed by atoms with Crippen molar-refractivity contribution in [2.75, 3.05) is 18.0 Å². The van der Waals surface area contributed by atoms with Crippen LogP contribution in [0.5, 0.6) is 0 Å². The predicted molar refractivity (Wildman–Crippen MR) is 97.1 cm³/mol. The van der Waals surface area contributed by atoms with Gasteiger partial charge in [0, 0.05) is 30.9 Å². The van der Waals surface area contributed by atoms with Crippen molar-refractivity contribution < 1.29 is 19.1 Å². The van der Waals surface area contributed by atoms with Crippen molar-refractivity contribution in [1.29, 1.82) is 0 Å². The summed E-state index contributed by atoms with van der Waals surface area (Å²) in [6.07, 6.45) is 3.35. The Bertz CT molecular complexity index is 680. The normalized spacial score (nSPS) is 25.8. The van der Waals surface area contributed by atoms with Gasteiger partial charge in [-0.15, -0.1) is 0 Å². The Balaban J connectivity index is 1.44. The highest BCUT2D eigenvalue weighted by Crippen LogP contribution is 2.26. The lowest BCUT2D eigenvalue weighted by atomic mass is 9.86. The van der Waals surface area contributed by atoms with Crippen LogP contribution in [0, 0.1) is 11.7 Å². The van der Waals surface area contributed by atoms with Gasteiger partial charge < -0.3 is 20.6 Å². The first-order valence-electron chi connectivity index (χ1n) is 8.92. The predicted octanol–water partition coefficient (Wildman–Crippen LogP) is 3.00. The van der Waals surface area contributed by atoms with Gasteiger partial charge >= 0.3 is 12.0 Å². The topological polar surface area (TPSA) is 81.7 Å². The highest BCUT2D eigenvalue weighted by Gasteiger charge is 2.28. The number of amides is 2. The number of anilines is 1. The van der Waals surface area contributed by atoms with E-state index in [9.17, 15) is 14.0 Å². The number of nitrogens with one attached hydrogen (secondary N) is 2. The van der Waals surface area contributed by atoms with Crippen molar-refractivity contribution in [3.05, 3.63) is 29.0 Å². The maximum Gasteiger partial charge on any atom is 0.315 e. The Kier molecular flexibility index (Phi) is 5.86. The van der Waals surface area contributed by atoms with Gasteiger partial charge in [-0.25, -0.2) is 9.18 Å². The number of benzene rings is 1. The zero-order chi connectivity index (χ0) is 18.7. The zero-order valence-corrected chi connectivity index (χ0v) is 15.1. The van der Waals surface area contributed by atoms with Crippen LogP contribution in [0.3, 0.4) is 0 Å². The fourth-order valence-electron chi connectivity index (χ4n) is 3.69. The standard InChI is InChI=1S/C18H23ClFN3O3/c19-15-6-5-14(9-16(15)20)23-8-7-13(10-23)22-18(26)21-12-3-1-11(2-4-12)17(24)25/h5-6,9,11-13H,1-4,7-8,10H2,(H,24,25)(H2,21,22,26). The molecule has 0 spiro atoms. The van der Waals surface area contributed by atoms with E-state index >= 15 is 0 Å². The van der Waals surface area contributed by atoms with Crippen LogP contribution in [0.25, 0.3) is 0 Å². The third-order valence-corrected chi connectivity index (χ3v) is 5.51. The molecule has 0 radical (unpaired) electrons. The number of carboxylic acid groups (broad SMARTS) is 1. The van der Waals surface area contributed by atoms with Crippen LogP contribution in [-0.4, -0.2) is 42.3 Å². The molecule has 1 aromatic carbocycles. The molecular weight excluding hydrogens is 361 g/mol. The minimum atomic E-state index is -0.752. The second-order valence-electron chi connectivity index (χ2n) is 7.03. The van der Waals surface area contributed by atoms with E-state index in [4.69, 9.17) is 16.7 Å². The molecule has 142 valence electrons. The Labute approximate surface area is 156 Å². The van der Waals surface area contributed by atoms with Gasteiger partial charge in [-0.05, 0) is 50.3 Å². The van der Waals surface area contributed by atoms with Crippen LogP contribution in [0.1, 0.15) is 32.1 Å². The minimum absolute atomic E-state index is 0.0101. The van der Waals surface area contributed by atoms with Gasteiger partial charge in [0.1, 0.15) is 5.82 Å². The molecule has 0 aromatic heterocycles. The fourth-order valence-corrected chi connectivity index (χ4v) is 3.81. The molecule has 2 fully saturated rings. The third-order valence-electron chi connectivity index (χ3n) is 5.20. The summed E-state index contributed by atoms with van der Waals surface area (Å²) in [6.45, 7) is 1.34. The monoisotopic (exact) mass is 383 g/mol. The summed E-state index contributed by atoms with van der Waals surface area (Å²) < 4.78 is 13.6. The van der Waals surface area contributed by atoms with E-state index in [1.807, 2.05) is 4.90 Å². The van der Waals surface area contributed by atoms with Gasteiger partial charge in [-0.3, -0.25) is 4.79 Å². The highest BCUT2D eigenvalue weighted by molar-refractivity contribution is 6.30. The van der Waals surface area contributed by atoms with Gasteiger partial charge in [0.2, 0.25) is 0 Å². The molecule has 6 nitrogen and oxygen atoms in total. The van der Waals surface area contributed by atoms with E-state index in [0.29, 0.717) is 32.2 Å². The molecule has 1 aromatic rings. The minimum Gasteiger partial charge on any atom is -0.481 e. The molecule has 2 aliphatic rings. The first-order valence-corrected chi connectivity index (χ1v) is 9.30. The summed E-state index contributed by atoms with van der Waals surface area (Å²) in [6, 6.07) is 4.50. The molecule has 1 atom stereocenters. The Morgan fingerprint density at radius 3 is 2.46 bits per heavy atom. The lowest BCUT2D eigenvalue weighted by Crippen LogP contribution is -2.48. The molecule has 1 saturated heterocycles. The average molecular weight is 384 g/mol. The van der Waals surface area contributed by atoms with E-state index in [1.54, 1.807) is 6.07 Å². The molecule has 1 aliphatic carbocycles. The lowest BCUT2D eigenvalue weighted by molar-refractivity contribution is -0.142. The van der Waals surface area contributed by atoms with Crippen molar-refractivity contribution >= 4 is 29.3 Å². The quantitative estimate of drug-likeness (QED) is 0.746. The zero-order valence-electron chi connectivity index (χ0n) is 14.4. The van der Waals surface area contributed by atoms with Crippen LogP contribution in [0.2, 0.25) is 5.02 Å². The Hall–Kier alpha value is -2.02. The number of carbonyl (C=O) groups excluding carboxylic acids is 1. The Morgan fingerprint density at radius 2 is 1.81 bits per heavy atom. The first-order chi connectivity index (χ1) is 12.4. The van der Waals surface area contributed by atoms with Crippen LogP contribution in [0.4, 0.5) is 14.9 Å². The second-order valence-corrected chi connectivity index (χ2v) is 7.44. The molecule has 3 N–H and O–H groups in total. The summed E-state index contributed by atoms with van der Waals surface area (Å²) in [5.74, 6) is -1.49. The van der Waals surface area contributed by atoms with E-state index in [0.717, 1.165) is 18.7 Å². The van der Waals surface area contributed by atoms with Crippen molar-refractivity contribution in [3.8, 4) is 0 Å². The van der Waals surface area contributed by atoms with Crippen LogP contribution >= 0.6 is 11.6 Å². The third kappa shape index (κ3) is 4.58. The SMILES string of the molecule is O=C(NC1CCC(C(=O)O)CC1)NC1CCN(c2ccc(Cl)c(F)c2)C1. The average Bonchev–Trinajstić information content (AvgIpc) is 3.06. The summed E-state index contributed by atoms with van der Waals surface area (Å²) >= 11 is 5.71. The largest absolute Gasteiger partial charge is 0.481 e. The molecule has 1 heterocycles. The van der Waals surface area contributed by atoms with Crippen LogP contribution < -0.4 is 15.5 Å². The molecule has 3 rings (SSSR count). The van der Waals surface area contributed by atoms with E-state index in [1.165, 1.54) is 12.1 Å². The summed E-state index contributed by atoms with van der Waals surface area (Å²) in [5.41, 5.74) is 0.753. The lowest BCUT2D eigenvalue weighted by Gasteiger charge is -2.27. The number of urea groups is 1. The maximum atomic E-state index is 13.6. The number of halogens is 2. The molecule has 8 heteroatoms. The number of rotatable bonds is 4. The molecule has 26 heavy (non-hydrogen) atoms. The molecule has 0 bridgehead atoms. The number of carboxylic acids is 1. The Morgan fingerprint density at radius 1 is 1.12 bits per heavy atom. The van der Waals surface area contributed by atoms with Crippen molar-refractivity contribution in [2.45, 2.75) is 44.2 Å². The summed E-state index contributed by atoms with van der Waals surface area (Å²) in [5, 5.41) is 15.0. The van der Waals surface area contributed by atoms with Crippen molar-refractivity contribution in [1.82, 2.24) is 10.6 Å². The highest BCUT2D eigenvalue weighted by atomic mass is 35.5. The van der Waals surface area contributed by atoms with Gasteiger partial charge in [0.15, 0.2) is 0 Å². The van der Waals surface area contributed by atoms with E-state index in [2.05, 4.69) is 10.6 Å². The van der Waals surface area contributed by atoms with Crippen LogP contribution in [-0.2, 0) is 4.79 Å². The number of hydrogen-bond acceptors (Lipinski definition) is 3. The maximum absolute atomic E-state index is 13.6. The molecule has 2 amide bonds. The second kappa shape index (κ2) is 8.12.